The molecule has 1 heterocycles. The monoisotopic (exact) mass is 420 g/mol. The van der Waals surface area contributed by atoms with Crippen molar-refractivity contribution in [3.05, 3.63) is 89.2 Å². The van der Waals surface area contributed by atoms with Crippen LogP contribution >= 0.6 is 0 Å². The molecule has 0 spiro atoms. The van der Waals surface area contributed by atoms with Gasteiger partial charge in [-0.3, -0.25) is 4.79 Å². The number of para-hydroxylation sites is 2. The van der Waals surface area contributed by atoms with Crippen molar-refractivity contribution in [2.75, 3.05) is 19.0 Å². The largest absolute Gasteiger partial charge is 0.496 e. The van der Waals surface area contributed by atoms with Crippen LogP contribution in [0.3, 0.4) is 0 Å². The van der Waals surface area contributed by atoms with E-state index in [1.165, 1.54) is 6.07 Å². The molecule has 1 aliphatic rings. The number of halogens is 1. The molecule has 0 unspecified atom stereocenters. The zero-order valence-electron chi connectivity index (χ0n) is 17.6. The first-order valence-corrected chi connectivity index (χ1v) is 10.3. The fourth-order valence-electron chi connectivity index (χ4n) is 3.83. The molecule has 1 amide bonds. The van der Waals surface area contributed by atoms with Gasteiger partial charge in [-0.05, 0) is 48.4 Å². The molecule has 1 aliphatic heterocycles. The molecule has 160 valence electrons. The number of benzene rings is 3. The van der Waals surface area contributed by atoms with Gasteiger partial charge >= 0.3 is 0 Å². The van der Waals surface area contributed by atoms with E-state index in [-0.39, 0.29) is 24.4 Å². The van der Waals surface area contributed by atoms with E-state index in [0.717, 1.165) is 23.2 Å². The molecule has 1 N–H and O–H groups in total. The van der Waals surface area contributed by atoms with E-state index in [2.05, 4.69) is 5.32 Å². The predicted molar refractivity (Wildman–Crippen MR) is 118 cm³/mol. The number of methoxy groups -OCH3 is 1. The third-order valence-corrected chi connectivity index (χ3v) is 5.33. The summed E-state index contributed by atoms with van der Waals surface area (Å²) in [6, 6.07) is 19.6. The van der Waals surface area contributed by atoms with E-state index in [4.69, 9.17) is 9.47 Å². The van der Waals surface area contributed by atoms with E-state index in [0.29, 0.717) is 17.9 Å². The van der Waals surface area contributed by atoms with Crippen LogP contribution in [0.1, 0.15) is 41.0 Å². The lowest BCUT2D eigenvalue weighted by molar-refractivity contribution is 0.0683. The van der Waals surface area contributed by atoms with Crippen LogP contribution in [0.4, 0.5) is 10.1 Å². The Hall–Kier alpha value is -3.54. The van der Waals surface area contributed by atoms with E-state index < -0.39 is 5.82 Å². The van der Waals surface area contributed by atoms with Gasteiger partial charge in [-0.2, -0.15) is 0 Å². The number of rotatable bonds is 7. The van der Waals surface area contributed by atoms with Crippen LogP contribution in [-0.4, -0.2) is 24.5 Å². The highest BCUT2D eigenvalue weighted by molar-refractivity contribution is 6.01. The molecule has 31 heavy (non-hydrogen) atoms. The van der Waals surface area contributed by atoms with Gasteiger partial charge in [-0.15, -0.1) is 0 Å². The second-order valence-electron chi connectivity index (χ2n) is 7.38. The molecular weight excluding hydrogens is 395 g/mol. The Kier molecular flexibility index (Phi) is 6.07. The summed E-state index contributed by atoms with van der Waals surface area (Å²) in [7, 11) is 1.59. The number of anilines is 1. The average molecular weight is 420 g/mol. The molecule has 6 heteroatoms. The topological polar surface area (TPSA) is 50.8 Å². The quantitative estimate of drug-likeness (QED) is 0.557. The summed E-state index contributed by atoms with van der Waals surface area (Å²) in [5, 5.41) is 3.49. The number of carbonyl (C=O) groups is 1. The van der Waals surface area contributed by atoms with E-state index >= 15 is 0 Å². The molecule has 4 rings (SSSR count). The Morgan fingerprint density at radius 1 is 1.03 bits per heavy atom. The van der Waals surface area contributed by atoms with Gasteiger partial charge in [0.2, 0.25) is 0 Å². The van der Waals surface area contributed by atoms with E-state index in [1.54, 1.807) is 25.3 Å². The van der Waals surface area contributed by atoms with Gasteiger partial charge in [0.05, 0.1) is 12.7 Å². The second kappa shape index (κ2) is 9.08. The van der Waals surface area contributed by atoms with E-state index in [9.17, 15) is 9.18 Å². The molecule has 1 atom stereocenters. The maximum absolute atomic E-state index is 14.0. The smallest absolute Gasteiger partial charge is 0.257 e. The van der Waals surface area contributed by atoms with Gasteiger partial charge in [0.1, 0.15) is 18.5 Å². The highest BCUT2D eigenvalue weighted by Gasteiger charge is 2.32. The maximum Gasteiger partial charge on any atom is 0.257 e. The molecular formula is C25H25FN2O3. The van der Waals surface area contributed by atoms with Crippen molar-refractivity contribution >= 4 is 11.6 Å². The van der Waals surface area contributed by atoms with Crippen LogP contribution in [0, 0.1) is 5.82 Å². The van der Waals surface area contributed by atoms with Crippen LogP contribution in [0.2, 0.25) is 0 Å². The van der Waals surface area contributed by atoms with Crippen molar-refractivity contribution in [3.63, 3.8) is 0 Å². The number of ether oxygens (including phenoxy) is 2. The van der Waals surface area contributed by atoms with Gasteiger partial charge in [0.25, 0.3) is 5.91 Å². The van der Waals surface area contributed by atoms with Crippen LogP contribution in [0.15, 0.2) is 66.7 Å². The number of nitrogens with zero attached hydrogens (tertiary/aromatic N) is 1. The lowest BCUT2D eigenvalue weighted by atomic mass is 10.0. The van der Waals surface area contributed by atoms with E-state index in [1.807, 2.05) is 54.3 Å². The predicted octanol–water partition coefficient (Wildman–Crippen LogP) is 5.39. The normalized spacial score (nSPS) is 15.3. The van der Waals surface area contributed by atoms with Crippen molar-refractivity contribution in [1.82, 2.24) is 4.90 Å². The molecule has 0 fully saturated rings. The Morgan fingerprint density at radius 3 is 2.58 bits per heavy atom. The maximum atomic E-state index is 14.0. The summed E-state index contributed by atoms with van der Waals surface area (Å²) in [6.45, 7) is 2.81. The van der Waals surface area contributed by atoms with Crippen LogP contribution in [0.25, 0.3) is 0 Å². The number of amides is 1. The van der Waals surface area contributed by atoms with Crippen molar-refractivity contribution in [1.29, 1.82) is 0 Å². The minimum Gasteiger partial charge on any atom is -0.496 e. The Morgan fingerprint density at radius 2 is 1.81 bits per heavy atom. The highest BCUT2D eigenvalue weighted by atomic mass is 19.1. The molecule has 0 radical (unpaired) electrons. The SMILES string of the molecule is CCCN1C(=O)c2ccccc2N[C@@H]1c1ccc(OC)c(COc2ccccc2F)c1. The number of hydrogen-bond donors (Lipinski definition) is 1. The lowest BCUT2D eigenvalue weighted by Gasteiger charge is -2.38. The van der Waals surface area contributed by atoms with Crippen LogP contribution in [-0.2, 0) is 6.61 Å². The summed E-state index contributed by atoms with van der Waals surface area (Å²) < 4.78 is 25.1. The number of nitrogens with one attached hydrogen (secondary N) is 1. The van der Waals surface area contributed by atoms with Crippen molar-refractivity contribution < 1.29 is 18.7 Å². The van der Waals surface area contributed by atoms with Crippen molar-refractivity contribution in [3.8, 4) is 11.5 Å². The standard InChI is InChI=1S/C25H25FN2O3/c1-3-14-28-24(27-21-10-6-4-8-19(21)25(28)29)17-12-13-22(30-2)18(15-17)16-31-23-11-7-5-9-20(23)26/h4-13,15,24,27H,3,14,16H2,1-2H3/t24-/m0/s1. The average Bonchev–Trinajstić information content (AvgIpc) is 2.80. The van der Waals surface area contributed by atoms with Gasteiger partial charge in [-0.1, -0.05) is 37.3 Å². The summed E-state index contributed by atoms with van der Waals surface area (Å²) in [5.41, 5.74) is 3.16. The second-order valence-corrected chi connectivity index (χ2v) is 7.38. The van der Waals surface area contributed by atoms with Crippen molar-refractivity contribution in [2.45, 2.75) is 26.1 Å². The first kappa shape index (κ1) is 20.7. The van der Waals surface area contributed by atoms with Gasteiger partial charge in [0.15, 0.2) is 11.6 Å². The zero-order valence-corrected chi connectivity index (χ0v) is 17.6. The fraction of sp³-hybridized carbons (Fsp3) is 0.240. The summed E-state index contributed by atoms with van der Waals surface area (Å²) in [4.78, 5) is 15.0. The van der Waals surface area contributed by atoms with Gasteiger partial charge in [0, 0.05) is 17.8 Å². The molecule has 5 nitrogen and oxygen atoms in total. The first-order valence-electron chi connectivity index (χ1n) is 10.3. The molecule has 0 bridgehead atoms. The van der Waals surface area contributed by atoms with Crippen LogP contribution in [0.5, 0.6) is 11.5 Å². The third kappa shape index (κ3) is 4.19. The molecule has 0 aliphatic carbocycles. The summed E-state index contributed by atoms with van der Waals surface area (Å²) in [6.07, 6.45) is 0.520. The molecule has 0 saturated carbocycles. The number of carbonyl (C=O) groups excluding carboxylic acids is 1. The first-order chi connectivity index (χ1) is 15.1. The van der Waals surface area contributed by atoms with Crippen molar-refractivity contribution in [2.24, 2.45) is 0 Å². The van der Waals surface area contributed by atoms with Gasteiger partial charge in [-0.25, -0.2) is 4.39 Å². The molecule has 0 aromatic heterocycles. The fourth-order valence-corrected chi connectivity index (χ4v) is 3.83. The minimum absolute atomic E-state index is 0.00109. The summed E-state index contributed by atoms with van der Waals surface area (Å²) >= 11 is 0. The Balaban J connectivity index is 1.66. The highest BCUT2D eigenvalue weighted by Crippen LogP contribution is 2.35. The van der Waals surface area contributed by atoms with Gasteiger partial charge < -0.3 is 19.7 Å². The zero-order chi connectivity index (χ0) is 21.8. The molecule has 3 aromatic rings. The lowest BCUT2D eigenvalue weighted by Crippen LogP contribution is -2.43. The summed E-state index contributed by atoms with van der Waals surface area (Å²) in [5.74, 6) is 0.413. The van der Waals surface area contributed by atoms with Crippen LogP contribution < -0.4 is 14.8 Å². The third-order valence-electron chi connectivity index (χ3n) is 5.33. The Bertz CT molecular complexity index is 1090. The number of hydrogen-bond acceptors (Lipinski definition) is 4. The molecule has 0 saturated heterocycles. The Labute approximate surface area is 181 Å². The minimum atomic E-state index is -0.414. The number of fused-ring (bicyclic) bond motifs is 1. The molecule has 3 aromatic carbocycles.